The van der Waals surface area contributed by atoms with Crippen molar-refractivity contribution < 1.29 is 0 Å². The predicted octanol–water partition coefficient (Wildman–Crippen LogP) is 6.21. The fraction of sp³-hybridized carbons (Fsp3) is 0.545. The molecule has 0 amide bonds. The van der Waals surface area contributed by atoms with Crippen LogP contribution in [0.1, 0.15) is 74.9 Å². The molecule has 2 rings (SSSR count). The minimum Gasteiger partial charge on any atom is -0.0613 e. The van der Waals surface area contributed by atoms with Crippen molar-refractivity contribution in [1.29, 1.82) is 0 Å². The van der Waals surface area contributed by atoms with Gasteiger partial charge < -0.3 is 0 Å². The van der Waals surface area contributed by atoms with Crippen LogP contribution < -0.4 is 0 Å². The fourth-order valence-electron chi connectivity index (χ4n) is 4.25. The van der Waals surface area contributed by atoms with E-state index in [-0.39, 0.29) is 0 Å². The number of benzene rings is 2. The third-order valence-electron chi connectivity index (χ3n) is 5.23. The number of rotatable bonds is 6. The van der Waals surface area contributed by atoms with Gasteiger partial charge in [-0.05, 0) is 82.7 Å². The van der Waals surface area contributed by atoms with Crippen molar-refractivity contribution in [2.24, 2.45) is 0 Å². The van der Waals surface area contributed by atoms with E-state index in [1.165, 1.54) is 5.39 Å². The highest BCUT2D eigenvalue weighted by Crippen LogP contribution is 2.34. The summed E-state index contributed by atoms with van der Waals surface area (Å²) in [7, 11) is 0. The van der Waals surface area contributed by atoms with Crippen LogP contribution in [0, 0.1) is 0 Å². The van der Waals surface area contributed by atoms with E-state index in [0.717, 1.165) is 38.5 Å². The molecule has 0 spiro atoms. The average Bonchev–Trinajstić information content (AvgIpc) is 2.57. The van der Waals surface area contributed by atoms with Gasteiger partial charge in [-0.3, -0.25) is 0 Å². The fourth-order valence-corrected chi connectivity index (χ4v) is 4.25. The van der Waals surface area contributed by atoms with Gasteiger partial charge in [0.15, 0.2) is 0 Å². The van der Waals surface area contributed by atoms with Crippen LogP contribution in [0.4, 0.5) is 0 Å². The Morgan fingerprint density at radius 3 is 1.14 bits per heavy atom. The highest BCUT2D eigenvalue weighted by atomic mass is 14.2. The Hall–Kier alpha value is -1.30. The van der Waals surface area contributed by atoms with Gasteiger partial charge in [-0.15, -0.1) is 0 Å². The number of fused-ring (bicyclic) bond motifs is 1. The third-order valence-corrected chi connectivity index (χ3v) is 5.23. The molecule has 0 aliphatic heterocycles. The molecular formula is C22H32. The van der Waals surface area contributed by atoms with Crippen LogP contribution in [-0.2, 0) is 38.5 Å². The molecule has 2 aromatic carbocycles. The van der Waals surface area contributed by atoms with Crippen LogP contribution in [0.3, 0.4) is 0 Å². The van der Waals surface area contributed by atoms with Gasteiger partial charge in [-0.1, -0.05) is 53.7 Å². The SMILES string of the molecule is CCc1cc2cc(CC)c(CC)c(CC)c2c(CC)c1CC. The Balaban J connectivity index is 3.00. The van der Waals surface area contributed by atoms with Crippen molar-refractivity contribution in [3.63, 3.8) is 0 Å². The summed E-state index contributed by atoms with van der Waals surface area (Å²) >= 11 is 0. The molecule has 0 fully saturated rings. The quantitative estimate of drug-likeness (QED) is 0.594. The van der Waals surface area contributed by atoms with E-state index in [0.29, 0.717) is 0 Å². The molecule has 0 saturated carbocycles. The largest absolute Gasteiger partial charge is 0.0613 e. The minimum absolute atomic E-state index is 1.14. The van der Waals surface area contributed by atoms with E-state index in [2.05, 4.69) is 53.7 Å². The Labute approximate surface area is 136 Å². The van der Waals surface area contributed by atoms with Gasteiger partial charge in [0.25, 0.3) is 0 Å². The van der Waals surface area contributed by atoms with E-state index < -0.39 is 0 Å². The molecule has 0 atom stereocenters. The monoisotopic (exact) mass is 296 g/mol. The van der Waals surface area contributed by atoms with Gasteiger partial charge in [0.05, 0.1) is 0 Å². The molecule has 0 radical (unpaired) electrons. The molecule has 0 heteroatoms. The molecule has 22 heavy (non-hydrogen) atoms. The van der Waals surface area contributed by atoms with Crippen molar-refractivity contribution in [3.8, 4) is 0 Å². The lowest BCUT2D eigenvalue weighted by Crippen LogP contribution is -2.05. The molecule has 0 aliphatic carbocycles. The molecule has 0 saturated heterocycles. The zero-order valence-electron chi connectivity index (χ0n) is 15.4. The second-order valence-corrected chi connectivity index (χ2v) is 6.21. The Kier molecular flexibility index (Phi) is 5.67. The predicted molar refractivity (Wildman–Crippen MR) is 100 cm³/mol. The van der Waals surface area contributed by atoms with Gasteiger partial charge in [0.2, 0.25) is 0 Å². The van der Waals surface area contributed by atoms with Gasteiger partial charge in [-0.25, -0.2) is 0 Å². The topological polar surface area (TPSA) is 0 Å². The van der Waals surface area contributed by atoms with E-state index in [9.17, 15) is 0 Å². The number of hydrogen-bond donors (Lipinski definition) is 0. The molecule has 0 heterocycles. The molecule has 0 N–H and O–H groups in total. The summed E-state index contributed by atoms with van der Waals surface area (Å²) < 4.78 is 0. The van der Waals surface area contributed by atoms with E-state index >= 15 is 0 Å². The van der Waals surface area contributed by atoms with E-state index in [1.807, 2.05) is 0 Å². The zero-order chi connectivity index (χ0) is 16.3. The summed E-state index contributed by atoms with van der Waals surface area (Å²) in [5.41, 5.74) is 9.56. The van der Waals surface area contributed by atoms with Crippen molar-refractivity contribution in [3.05, 3.63) is 45.5 Å². The van der Waals surface area contributed by atoms with Crippen molar-refractivity contribution >= 4 is 10.8 Å². The summed E-state index contributed by atoms with van der Waals surface area (Å²) in [5.74, 6) is 0. The van der Waals surface area contributed by atoms with Crippen LogP contribution in [-0.4, -0.2) is 0 Å². The molecular weight excluding hydrogens is 264 g/mol. The van der Waals surface area contributed by atoms with Crippen LogP contribution in [0.15, 0.2) is 12.1 Å². The lowest BCUT2D eigenvalue weighted by atomic mass is 9.83. The van der Waals surface area contributed by atoms with Gasteiger partial charge >= 0.3 is 0 Å². The highest BCUT2D eigenvalue weighted by molar-refractivity contribution is 5.92. The summed E-state index contributed by atoms with van der Waals surface area (Å²) in [5, 5.41) is 3.06. The molecule has 0 nitrogen and oxygen atoms in total. The first kappa shape index (κ1) is 17.1. The smallest absolute Gasteiger partial charge is 0.0114 e. The van der Waals surface area contributed by atoms with Crippen LogP contribution in [0.2, 0.25) is 0 Å². The maximum atomic E-state index is 2.48. The Bertz CT molecular complexity index is 607. The van der Waals surface area contributed by atoms with Gasteiger partial charge in [-0.2, -0.15) is 0 Å². The standard InChI is InChI=1S/C22H32/c1-7-15-13-17-14-16(8-2)19(10-4)21(12-6)22(17)20(11-5)18(15)9-3/h13-14H,7-12H2,1-6H3. The normalized spacial score (nSPS) is 11.4. The van der Waals surface area contributed by atoms with Gasteiger partial charge in [0.1, 0.15) is 0 Å². The average molecular weight is 296 g/mol. The minimum atomic E-state index is 1.14. The maximum absolute atomic E-state index is 2.48. The maximum Gasteiger partial charge on any atom is -0.0114 e. The Morgan fingerprint density at radius 1 is 0.500 bits per heavy atom. The van der Waals surface area contributed by atoms with Crippen molar-refractivity contribution in [2.75, 3.05) is 0 Å². The van der Waals surface area contributed by atoms with Crippen LogP contribution in [0.5, 0.6) is 0 Å². The Morgan fingerprint density at radius 2 is 0.864 bits per heavy atom. The second-order valence-electron chi connectivity index (χ2n) is 6.21. The molecule has 120 valence electrons. The molecule has 2 aromatic rings. The molecule has 0 aliphatic rings. The van der Waals surface area contributed by atoms with Crippen molar-refractivity contribution in [1.82, 2.24) is 0 Å². The lowest BCUT2D eigenvalue weighted by molar-refractivity contribution is 0.970. The number of hydrogen-bond acceptors (Lipinski definition) is 0. The summed E-state index contributed by atoms with van der Waals surface area (Å²) in [6.07, 6.45) is 6.89. The first-order chi connectivity index (χ1) is 10.7. The van der Waals surface area contributed by atoms with Gasteiger partial charge in [0, 0.05) is 0 Å². The van der Waals surface area contributed by atoms with Crippen molar-refractivity contribution in [2.45, 2.75) is 80.1 Å². The number of aryl methyl sites for hydroxylation is 4. The van der Waals surface area contributed by atoms with E-state index in [1.54, 1.807) is 38.8 Å². The van der Waals surface area contributed by atoms with E-state index in [4.69, 9.17) is 0 Å². The van der Waals surface area contributed by atoms with Crippen LogP contribution >= 0.6 is 0 Å². The highest BCUT2D eigenvalue weighted by Gasteiger charge is 2.16. The second kappa shape index (κ2) is 7.31. The summed E-state index contributed by atoms with van der Waals surface area (Å²) in [4.78, 5) is 0. The lowest BCUT2D eigenvalue weighted by Gasteiger charge is -2.22. The van der Waals surface area contributed by atoms with Crippen LogP contribution in [0.25, 0.3) is 10.8 Å². The first-order valence-corrected chi connectivity index (χ1v) is 9.27. The molecule has 0 aromatic heterocycles. The summed E-state index contributed by atoms with van der Waals surface area (Å²) in [6.45, 7) is 13.9. The molecule has 0 unspecified atom stereocenters. The third kappa shape index (κ3) is 2.69. The zero-order valence-corrected chi connectivity index (χ0v) is 15.4. The first-order valence-electron chi connectivity index (χ1n) is 9.27. The molecule has 0 bridgehead atoms. The summed E-state index contributed by atoms with van der Waals surface area (Å²) in [6, 6.07) is 4.95.